The lowest BCUT2D eigenvalue weighted by Crippen LogP contribution is -2.40. The lowest BCUT2D eigenvalue weighted by Gasteiger charge is -2.30. The largest absolute Gasteiger partial charge is 0.359 e. The highest BCUT2D eigenvalue weighted by atomic mass is 32.1. The molecule has 1 unspecified atom stereocenters. The van der Waals surface area contributed by atoms with Gasteiger partial charge in [-0.25, -0.2) is 9.97 Å². The van der Waals surface area contributed by atoms with Crippen molar-refractivity contribution in [3.8, 4) is 0 Å². The zero-order chi connectivity index (χ0) is 21.1. The van der Waals surface area contributed by atoms with Crippen LogP contribution in [0.3, 0.4) is 0 Å². The number of aromatic nitrogens is 3. The van der Waals surface area contributed by atoms with Crippen LogP contribution in [0.5, 0.6) is 0 Å². The third kappa shape index (κ3) is 3.88. The topological polar surface area (TPSA) is 91.3 Å². The Bertz CT molecular complexity index is 1040. The van der Waals surface area contributed by atoms with Gasteiger partial charge in [-0.3, -0.25) is 14.6 Å². The van der Waals surface area contributed by atoms with Crippen LogP contribution >= 0.6 is 11.3 Å². The first-order chi connectivity index (χ1) is 14.6. The van der Waals surface area contributed by atoms with E-state index in [1.807, 2.05) is 24.4 Å². The normalized spacial score (nSPS) is 14.1. The summed E-state index contributed by atoms with van der Waals surface area (Å²) in [5, 5.41) is 4.93. The number of hydrogen-bond acceptors (Lipinski definition) is 7. The maximum absolute atomic E-state index is 13.2. The number of pyridine rings is 2. The van der Waals surface area contributed by atoms with Gasteiger partial charge in [-0.15, -0.1) is 11.3 Å². The van der Waals surface area contributed by atoms with E-state index in [0.29, 0.717) is 23.6 Å². The molecule has 4 heterocycles. The second kappa shape index (κ2) is 8.58. The maximum atomic E-state index is 13.2. The SMILES string of the molecule is CCC(c1cccnc1)N(C)C(=O)c1cnc2c(c1)N(Cc1cscn1)C(=O)CN2. The molecule has 0 aliphatic carbocycles. The minimum atomic E-state index is -0.160. The van der Waals surface area contributed by atoms with E-state index in [-0.39, 0.29) is 24.4 Å². The molecule has 1 N–H and O–H groups in total. The minimum Gasteiger partial charge on any atom is -0.359 e. The van der Waals surface area contributed by atoms with Gasteiger partial charge >= 0.3 is 0 Å². The molecule has 8 nitrogen and oxygen atoms in total. The second-order valence-corrected chi connectivity index (χ2v) is 7.75. The molecule has 0 saturated carbocycles. The smallest absolute Gasteiger partial charge is 0.255 e. The molecule has 0 radical (unpaired) electrons. The zero-order valence-electron chi connectivity index (χ0n) is 16.8. The van der Waals surface area contributed by atoms with Crippen LogP contribution in [0.1, 0.15) is 41.0 Å². The number of rotatable bonds is 6. The second-order valence-electron chi connectivity index (χ2n) is 7.03. The van der Waals surface area contributed by atoms with Crippen molar-refractivity contribution in [2.75, 3.05) is 23.8 Å². The standard InChI is InChI=1S/C21H22N6O2S/c1-3-17(14-5-4-6-22-8-14)26(2)21(29)15-7-18-20(23-9-15)24-10-19(28)27(18)11-16-12-30-13-25-16/h4-9,12-13,17H,3,10-11H2,1-2H3,(H,23,24). The van der Waals surface area contributed by atoms with E-state index in [4.69, 9.17) is 0 Å². The third-order valence-corrected chi connectivity index (χ3v) is 5.80. The van der Waals surface area contributed by atoms with Crippen LogP contribution in [0.4, 0.5) is 11.5 Å². The van der Waals surface area contributed by atoms with Crippen molar-refractivity contribution in [2.24, 2.45) is 0 Å². The molecule has 0 fully saturated rings. The molecule has 30 heavy (non-hydrogen) atoms. The molecule has 0 saturated heterocycles. The summed E-state index contributed by atoms with van der Waals surface area (Å²) in [5.41, 5.74) is 4.53. The van der Waals surface area contributed by atoms with E-state index in [2.05, 4.69) is 20.3 Å². The van der Waals surface area contributed by atoms with Gasteiger partial charge in [0.05, 0.1) is 41.6 Å². The molecule has 3 aromatic heterocycles. The maximum Gasteiger partial charge on any atom is 0.255 e. The van der Waals surface area contributed by atoms with Crippen LogP contribution in [0.25, 0.3) is 0 Å². The van der Waals surface area contributed by atoms with E-state index in [1.165, 1.54) is 11.3 Å². The molecule has 1 aliphatic heterocycles. The number of amides is 2. The highest BCUT2D eigenvalue weighted by molar-refractivity contribution is 7.07. The Labute approximate surface area is 178 Å². The quantitative estimate of drug-likeness (QED) is 0.656. The molecule has 0 aromatic carbocycles. The van der Waals surface area contributed by atoms with Crippen LogP contribution in [0.2, 0.25) is 0 Å². The Balaban J connectivity index is 1.63. The predicted octanol–water partition coefficient (Wildman–Crippen LogP) is 3.12. The number of hydrogen-bond donors (Lipinski definition) is 1. The fraction of sp³-hybridized carbons (Fsp3) is 0.286. The lowest BCUT2D eigenvalue weighted by molar-refractivity contribution is -0.117. The number of fused-ring (bicyclic) bond motifs is 1. The molecule has 3 aromatic rings. The van der Waals surface area contributed by atoms with Gasteiger partial charge in [0.25, 0.3) is 5.91 Å². The Morgan fingerprint density at radius 2 is 2.23 bits per heavy atom. The Morgan fingerprint density at radius 1 is 1.37 bits per heavy atom. The fourth-order valence-electron chi connectivity index (χ4n) is 3.60. The molecule has 1 aliphatic rings. The Morgan fingerprint density at radius 3 is 2.93 bits per heavy atom. The van der Waals surface area contributed by atoms with Gasteiger partial charge in [-0.1, -0.05) is 13.0 Å². The van der Waals surface area contributed by atoms with Gasteiger partial charge in [0, 0.05) is 31.0 Å². The fourth-order valence-corrected chi connectivity index (χ4v) is 4.15. The summed E-state index contributed by atoms with van der Waals surface area (Å²) in [4.78, 5) is 42.0. The lowest BCUT2D eigenvalue weighted by atomic mass is 10.0. The summed E-state index contributed by atoms with van der Waals surface area (Å²) in [5.74, 6) is 0.341. The molecule has 4 rings (SSSR count). The van der Waals surface area contributed by atoms with E-state index < -0.39 is 0 Å². The third-order valence-electron chi connectivity index (χ3n) is 5.16. The van der Waals surface area contributed by atoms with E-state index >= 15 is 0 Å². The molecule has 0 bridgehead atoms. The molecule has 154 valence electrons. The summed E-state index contributed by atoms with van der Waals surface area (Å²) < 4.78 is 0. The monoisotopic (exact) mass is 422 g/mol. The number of anilines is 2. The van der Waals surface area contributed by atoms with Crippen molar-refractivity contribution in [1.82, 2.24) is 19.9 Å². The highest BCUT2D eigenvalue weighted by Crippen LogP contribution is 2.31. The van der Waals surface area contributed by atoms with Gasteiger partial charge in [-0.05, 0) is 24.1 Å². The molecule has 0 spiro atoms. The van der Waals surface area contributed by atoms with Crippen molar-refractivity contribution >= 4 is 34.7 Å². The molecule has 1 atom stereocenters. The first-order valence-corrected chi connectivity index (χ1v) is 10.6. The molecule has 9 heteroatoms. The van der Waals surface area contributed by atoms with Crippen LogP contribution in [0, 0.1) is 0 Å². The summed E-state index contributed by atoms with van der Waals surface area (Å²) >= 11 is 1.48. The van der Waals surface area contributed by atoms with Gasteiger partial charge in [0.15, 0.2) is 5.82 Å². The van der Waals surface area contributed by atoms with Gasteiger partial charge in [0.1, 0.15) is 0 Å². The van der Waals surface area contributed by atoms with Crippen LogP contribution in [-0.4, -0.2) is 45.3 Å². The summed E-state index contributed by atoms with van der Waals surface area (Å²) in [6.45, 7) is 2.54. The minimum absolute atomic E-state index is 0.0861. The number of carbonyl (C=O) groups is 2. The van der Waals surface area contributed by atoms with Crippen molar-refractivity contribution in [1.29, 1.82) is 0 Å². The van der Waals surface area contributed by atoms with E-state index in [9.17, 15) is 9.59 Å². The van der Waals surface area contributed by atoms with Crippen LogP contribution in [0.15, 0.2) is 47.7 Å². The average Bonchev–Trinajstić information content (AvgIpc) is 3.29. The predicted molar refractivity (Wildman–Crippen MR) is 115 cm³/mol. The number of thiazole rings is 1. The summed E-state index contributed by atoms with van der Waals surface area (Å²) in [6, 6.07) is 5.46. The first kappa shape index (κ1) is 20.0. The van der Waals surface area contributed by atoms with E-state index in [1.54, 1.807) is 47.0 Å². The number of nitrogens with zero attached hydrogens (tertiary/aromatic N) is 5. The van der Waals surface area contributed by atoms with Gasteiger partial charge in [-0.2, -0.15) is 0 Å². The summed E-state index contributed by atoms with van der Waals surface area (Å²) in [7, 11) is 1.78. The number of nitrogens with one attached hydrogen (secondary N) is 1. The average molecular weight is 423 g/mol. The highest BCUT2D eigenvalue weighted by Gasteiger charge is 2.28. The molecular weight excluding hydrogens is 400 g/mol. The number of carbonyl (C=O) groups excluding carboxylic acids is 2. The first-order valence-electron chi connectivity index (χ1n) is 9.67. The van der Waals surface area contributed by atoms with Crippen molar-refractivity contribution in [3.05, 3.63) is 64.5 Å². The molecular formula is C21H22N6O2S. The Hall–Kier alpha value is -3.33. The van der Waals surface area contributed by atoms with Crippen molar-refractivity contribution in [2.45, 2.75) is 25.9 Å². The van der Waals surface area contributed by atoms with E-state index in [0.717, 1.165) is 17.7 Å². The van der Waals surface area contributed by atoms with Crippen molar-refractivity contribution < 1.29 is 9.59 Å². The van der Waals surface area contributed by atoms with Crippen LogP contribution < -0.4 is 10.2 Å². The Kier molecular flexibility index (Phi) is 5.71. The molecule has 2 amide bonds. The zero-order valence-corrected chi connectivity index (χ0v) is 17.6. The summed E-state index contributed by atoms with van der Waals surface area (Å²) in [6.07, 6.45) is 5.80. The van der Waals surface area contributed by atoms with Crippen molar-refractivity contribution in [3.63, 3.8) is 0 Å². The van der Waals surface area contributed by atoms with Gasteiger partial charge in [0.2, 0.25) is 5.91 Å². The van der Waals surface area contributed by atoms with Gasteiger partial charge < -0.3 is 15.1 Å². The van der Waals surface area contributed by atoms with Crippen LogP contribution in [-0.2, 0) is 11.3 Å².